The van der Waals surface area contributed by atoms with Gasteiger partial charge in [0.05, 0.1) is 0 Å². The standard InChI is InChI=1S/C19H17N5O/c1-23-10-8-12-4-7-14(11-16(12)23)15-3-2-9-24-17(15)20-19(22-24)21-18(25)13-5-6-13/h2-4,7-11,13H,5-6H2,1H3,(H,21,22,25). The van der Waals surface area contributed by atoms with Crippen LogP contribution in [0.3, 0.4) is 0 Å². The van der Waals surface area contributed by atoms with Gasteiger partial charge in [0.1, 0.15) is 0 Å². The van der Waals surface area contributed by atoms with Crippen molar-refractivity contribution in [3.05, 3.63) is 48.8 Å². The summed E-state index contributed by atoms with van der Waals surface area (Å²) in [5.74, 6) is 0.512. The van der Waals surface area contributed by atoms with E-state index in [9.17, 15) is 4.79 Å². The molecule has 1 aromatic carbocycles. The third-order valence-electron chi connectivity index (χ3n) is 4.74. The van der Waals surface area contributed by atoms with Crippen LogP contribution < -0.4 is 5.32 Å². The van der Waals surface area contributed by atoms with Gasteiger partial charge in [0, 0.05) is 36.4 Å². The van der Waals surface area contributed by atoms with Gasteiger partial charge in [-0.05, 0) is 48.1 Å². The normalized spacial score (nSPS) is 14.3. The molecule has 1 amide bonds. The summed E-state index contributed by atoms with van der Waals surface area (Å²) in [5.41, 5.74) is 3.97. The molecule has 5 rings (SSSR count). The molecule has 124 valence electrons. The quantitative estimate of drug-likeness (QED) is 0.627. The maximum atomic E-state index is 12.0. The summed E-state index contributed by atoms with van der Waals surface area (Å²) >= 11 is 0. The highest BCUT2D eigenvalue weighted by Gasteiger charge is 2.30. The Labute approximate surface area is 144 Å². The van der Waals surface area contributed by atoms with E-state index in [0.717, 1.165) is 29.6 Å². The fourth-order valence-electron chi connectivity index (χ4n) is 3.17. The Morgan fingerprint density at radius 1 is 1.20 bits per heavy atom. The van der Waals surface area contributed by atoms with E-state index in [-0.39, 0.29) is 11.8 Å². The van der Waals surface area contributed by atoms with Crippen LogP contribution >= 0.6 is 0 Å². The van der Waals surface area contributed by atoms with E-state index in [2.05, 4.69) is 50.4 Å². The van der Waals surface area contributed by atoms with E-state index < -0.39 is 0 Å². The van der Waals surface area contributed by atoms with Crippen molar-refractivity contribution in [2.45, 2.75) is 12.8 Å². The second kappa shape index (κ2) is 5.17. The number of benzene rings is 1. The van der Waals surface area contributed by atoms with Crippen molar-refractivity contribution >= 4 is 28.4 Å². The molecular formula is C19H17N5O. The Kier molecular flexibility index (Phi) is 2.94. The third kappa shape index (κ3) is 2.38. The third-order valence-corrected chi connectivity index (χ3v) is 4.74. The Hall–Kier alpha value is -3.15. The van der Waals surface area contributed by atoms with E-state index in [0.29, 0.717) is 5.95 Å². The molecular weight excluding hydrogens is 314 g/mol. The number of carbonyl (C=O) groups is 1. The first kappa shape index (κ1) is 14.2. The molecule has 0 spiro atoms. The summed E-state index contributed by atoms with van der Waals surface area (Å²) in [4.78, 5) is 16.5. The van der Waals surface area contributed by atoms with Crippen molar-refractivity contribution < 1.29 is 4.79 Å². The van der Waals surface area contributed by atoms with Crippen molar-refractivity contribution in [1.29, 1.82) is 0 Å². The monoisotopic (exact) mass is 331 g/mol. The second-order valence-corrected chi connectivity index (χ2v) is 6.59. The zero-order valence-electron chi connectivity index (χ0n) is 13.8. The summed E-state index contributed by atoms with van der Waals surface area (Å²) in [6.45, 7) is 0. The molecule has 0 saturated heterocycles. The zero-order chi connectivity index (χ0) is 17.0. The average molecular weight is 331 g/mol. The van der Waals surface area contributed by atoms with Crippen molar-refractivity contribution in [2.24, 2.45) is 13.0 Å². The number of aryl methyl sites for hydroxylation is 1. The summed E-state index contributed by atoms with van der Waals surface area (Å²) in [6.07, 6.45) is 5.82. The number of nitrogens with one attached hydrogen (secondary N) is 1. The molecule has 1 fully saturated rings. The largest absolute Gasteiger partial charge is 0.351 e. The van der Waals surface area contributed by atoms with E-state index in [1.807, 2.05) is 25.4 Å². The lowest BCUT2D eigenvalue weighted by Crippen LogP contribution is -2.14. The molecule has 6 nitrogen and oxygen atoms in total. The van der Waals surface area contributed by atoms with Gasteiger partial charge < -0.3 is 4.57 Å². The number of anilines is 1. The fourth-order valence-corrected chi connectivity index (χ4v) is 3.17. The van der Waals surface area contributed by atoms with Crippen LogP contribution in [0.4, 0.5) is 5.95 Å². The van der Waals surface area contributed by atoms with E-state index in [1.54, 1.807) is 4.52 Å². The lowest BCUT2D eigenvalue weighted by Gasteiger charge is -2.04. The maximum absolute atomic E-state index is 12.0. The number of hydrogen-bond acceptors (Lipinski definition) is 3. The van der Waals surface area contributed by atoms with Crippen molar-refractivity contribution in [2.75, 3.05) is 5.32 Å². The SMILES string of the molecule is Cn1ccc2ccc(-c3cccn4nc(NC(=O)C5CC5)nc34)cc21. The number of rotatable bonds is 3. The topological polar surface area (TPSA) is 64.2 Å². The minimum absolute atomic E-state index is 0.0164. The Morgan fingerprint density at radius 2 is 2.08 bits per heavy atom. The van der Waals surface area contributed by atoms with Gasteiger partial charge in [-0.15, -0.1) is 5.10 Å². The van der Waals surface area contributed by atoms with Gasteiger partial charge in [-0.1, -0.05) is 12.1 Å². The molecule has 3 aromatic heterocycles. The number of carbonyl (C=O) groups excluding carboxylic acids is 1. The fraction of sp³-hybridized carbons (Fsp3) is 0.211. The van der Waals surface area contributed by atoms with E-state index >= 15 is 0 Å². The molecule has 3 heterocycles. The van der Waals surface area contributed by atoms with Crippen LogP contribution in [-0.2, 0) is 11.8 Å². The van der Waals surface area contributed by atoms with Crippen LogP contribution in [0, 0.1) is 5.92 Å². The summed E-state index contributed by atoms with van der Waals surface area (Å²) in [5, 5.41) is 8.41. The molecule has 1 N–H and O–H groups in total. The molecule has 0 radical (unpaired) electrons. The highest BCUT2D eigenvalue weighted by molar-refractivity contribution is 5.93. The number of hydrogen-bond donors (Lipinski definition) is 1. The highest BCUT2D eigenvalue weighted by atomic mass is 16.2. The Balaban J connectivity index is 1.60. The predicted molar refractivity (Wildman–Crippen MR) is 96.3 cm³/mol. The van der Waals surface area contributed by atoms with Gasteiger partial charge in [0.25, 0.3) is 0 Å². The minimum Gasteiger partial charge on any atom is -0.351 e. The van der Waals surface area contributed by atoms with Gasteiger partial charge >= 0.3 is 0 Å². The molecule has 0 aliphatic heterocycles. The van der Waals surface area contributed by atoms with Crippen molar-refractivity contribution in [3.8, 4) is 11.1 Å². The summed E-state index contributed by atoms with van der Waals surface area (Å²) in [6, 6.07) is 12.4. The van der Waals surface area contributed by atoms with Crippen LogP contribution in [0.1, 0.15) is 12.8 Å². The zero-order valence-corrected chi connectivity index (χ0v) is 13.8. The number of pyridine rings is 1. The second-order valence-electron chi connectivity index (χ2n) is 6.59. The van der Waals surface area contributed by atoms with Crippen LogP contribution in [0.25, 0.3) is 27.7 Å². The van der Waals surface area contributed by atoms with E-state index in [1.165, 1.54) is 10.9 Å². The van der Waals surface area contributed by atoms with Gasteiger partial charge in [-0.2, -0.15) is 4.98 Å². The molecule has 25 heavy (non-hydrogen) atoms. The summed E-state index contributed by atoms with van der Waals surface area (Å²) < 4.78 is 3.82. The molecule has 0 bridgehead atoms. The highest BCUT2D eigenvalue weighted by Crippen LogP contribution is 2.31. The molecule has 0 unspecified atom stereocenters. The van der Waals surface area contributed by atoms with Gasteiger partial charge in [0.2, 0.25) is 11.9 Å². The lowest BCUT2D eigenvalue weighted by molar-refractivity contribution is -0.117. The predicted octanol–water partition coefficient (Wildman–Crippen LogP) is 3.24. The molecule has 4 aromatic rings. The molecule has 1 aliphatic carbocycles. The van der Waals surface area contributed by atoms with Crippen molar-refractivity contribution in [3.63, 3.8) is 0 Å². The molecule has 6 heteroatoms. The minimum atomic E-state index is 0.0164. The van der Waals surface area contributed by atoms with Crippen molar-refractivity contribution in [1.82, 2.24) is 19.2 Å². The number of amides is 1. The lowest BCUT2D eigenvalue weighted by atomic mass is 10.1. The smallest absolute Gasteiger partial charge is 0.249 e. The number of fused-ring (bicyclic) bond motifs is 2. The van der Waals surface area contributed by atoms with Gasteiger partial charge in [-0.25, -0.2) is 4.52 Å². The number of nitrogens with zero attached hydrogens (tertiary/aromatic N) is 4. The molecule has 1 saturated carbocycles. The first-order valence-corrected chi connectivity index (χ1v) is 8.41. The Bertz CT molecular complexity index is 1120. The number of aromatic nitrogens is 4. The van der Waals surface area contributed by atoms with Crippen LogP contribution in [0.15, 0.2) is 48.8 Å². The average Bonchev–Trinajstić information content (AvgIpc) is 3.30. The van der Waals surface area contributed by atoms with Gasteiger partial charge in [-0.3, -0.25) is 10.1 Å². The van der Waals surface area contributed by atoms with Crippen LogP contribution in [0.5, 0.6) is 0 Å². The molecule has 1 aliphatic rings. The van der Waals surface area contributed by atoms with Gasteiger partial charge in [0.15, 0.2) is 5.65 Å². The maximum Gasteiger partial charge on any atom is 0.249 e. The molecule has 0 atom stereocenters. The van der Waals surface area contributed by atoms with Crippen LogP contribution in [0.2, 0.25) is 0 Å². The summed E-state index contributed by atoms with van der Waals surface area (Å²) in [7, 11) is 2.04. The van der Waals surface area contributed by atoms with E-state index in [4.69, 9.17) is 0 Å². The van der Waals surface area contributed by atoms with Crippen LogP contribution in [-0.4, -0.2) is 25.1 Å². The Morgan fingerprint density at radius 3 is 2.92 bits per heavy atom. The first-order chi connectivity index (χ1) is 12.2. The first-order valence-electron chi connectivity index (χ1n) is 8.41.